The average molecular weight is 207 g/mol. The van der Waals surface area contributed by atoms with Crippen LogP contribution in [-0.2, 0) is 0 Å². The van der Waals surface area contributed by atoms with E-state index < -0.39 is 0 Å². The molecule has 0 aliphatic heterocycles. The van der Waals surface area contributed by atoms with Crippen molar-refractivity contribution in [1.29, 1.82) is 0 Å². The highest BCUT2D eigenvalue weighted by molar-refractivity contribution is 5.26. The highest BCUT2D eigenvalue weighted by Crippen LogP contribution is 2.25. The molecule has 0 amide bonds. The van der Waals surface area contributed by atoms with E-state index in [1.165, 1.54) is 25.7 Å². The SMILES string of the molecule is CC(C)n1ccnc1NCC1CCCC1. The maximum absolute atomic E-state index is 4.35. The molecule has 1 N–H and O–H groups in total. The lowest BCUT2D eigenvalue weighted by Crippen LogP contribution is -2.15. The second kappa shape index (κ2) is 4.69. The zero-order valence-electron chi connectivity index (χ0n) is 9.74. The van der Waals surface area contributed by atoms with Gasteiger partial charge < -0.3 is 9.88 Å². The molecule has 1 aliphatic rings. The molecule has 1 aromatic heterocycles. The molecule has 1 heterocycles. The molecule has 2 rings (SSSR count). The number of anilines is 1. The van der Waals surface area contributed by atoms with Crippen molar-refractivity contribution < 1.29 is 0 Å². The van der Waals surface area contributed by atoms with Gasteiger partial charge in [0.2, 0.25) is 5.95 Å². The molecule has 0 unspecified atom stereocenters. The number of hydrogen-bond acceptors (Lipinski definition) is 2. The molecule has 1 fully saturated rings. The third-order valence-electron chi connectivity index (χ3n) is 3.25. The largest absolute Gasteiger partial charge is 0.355 e. The molecule has 0 spiro atoms. The first kappa shape index (κ1) is 10.5. The van der Waals surface area contributed by atoms with Crippen LogP contribution in [0.15, 0.2) is 12.4 Å². The minimum absolute atomic E-state index is 0.485. The van der Waals surface area contributed by atoms with Crippen LogP contribution < -0.4 is 5.32 Å². The van der Waals surface area contributed by atoms with E-state index in [2.05, 4.69) is 28.7 Å². The minimum atomic E-state index is 0.485. The van der Waals surface area contributed by atoms with E-state index in [1.807, 2.05) is 12.4 Å². The van der Waals surface area contributed by atoms with Crippen molar-refractivity contribution >= 4 is 5.95 Å². The van der Waals surface area contributed by atoms with Crippen LogP contribution in [0.2, 0.25) is 0 Å². The van der Waals surface area contributed by atoms with Crippen molar-refractivity contribution in [3.05, 3.63) is 12.4 Å². The normalized spacial score (nSPS) is 17.5. The van der Waals surface area contributed by atoms with Gasteiger partial charge in [-0.05, 0) is 32.6 Å². The second-order valence-corrected chi connectivity index (χ2v) is 4.78. The van der Waals surface area contributed by atoms with Crippen LogP contribution in [0, 0.1) is 5.92 Å². The topological polar surface area (TPSA) is 29.9 Å². The predicted octanol–water partition coefficient (Wildman–Crippen LogP) is 3.07. The van der Waals surface area contributed by atoms with Gasteiger partial charge in [-0.1, -0.05) is 12.8 Å². The fraction of sp³-hybridized carbons (Fsp3) is 0.750. The maximum atomic E-state index is 4.35. The summed E-state index contributed by atoms with van der Waals surface area (Å²) in [6, 6.07) is 0.485. The van der Waals surface area contributed by atoms with Crippen molar-refractivity contribution in [1.82, 2.24) is 9.55 Å². The first-order valence-electron chi connectivity index (χ1n) is 6.04. The number of nitrogens with zero attached hydrogens (tertiary/aromatic N) is 2. The number of imidazole rings is 1. The molecule has 3 nitrogen and oxygen atoms in total. The molecular formula is C12H21N3. The molecule has 0 atom stereocenters. The number of rotatable bonds is 4. The van der Waals surface area contributed by atoms with Crippen molar-refractivity contribution in [3.63, 3.8) is 0 Å². The minimum Gasteiger partial charge on any atom is -0.355 e. The summed E-state index contributed by atoms with van der Waals surface area (Å²) in [6.45, 7) is 5.45. The zero-order valence-corrected chi connectivity index (χ0v) is 9.74. The van der Waals surface area contributed by atoms with Crippen molar-refractivity contribution in [2.45, 2.75) is 45.6 Å². The van der Waals surface area contributed by atoms with E-state index in [9.17, 15) is 0 Å². The van der Waals surface area contributed by atoms with Crippen molar-refractivity contribution in [2.75, 3.05) is 11.9 Å². The zero-order chi connectivity index (χ0) is 10.7. The van der Waals surface area contributed by atoms with E-state index in [0.717, 1.165) is 18.4 Å². The molecular weight excluding hydrogens is 186 g/mol. The molecule has 0 saturated heterocycles. The standard InChI is InChI=1S/C12H21N3/c1-10(2)15-8-7-13-12(15)14-9-11-5-3-4-6-11/h7-8,10-11H,3-6,9H2,1-2H3,(H,13,14). The number of nitrogens with one attached hydrogen (secondary N) is 1. The second-order valence-electron chi connectivity index (χ2n) is 4.78. The number of aromatic nitrogens is 2. The lowest BCUT2D eigenvalue weighted by atomic mass is 10.1. The highest BCUT2D eigenvalue weighted by Gasteiger charge is 2.15. The van der Waals surface area contributed by atoms with Crippen LogP contribution in [0.1, 0.15) is 45.6 Å². The van der Waals surface area contributed by atoms with Gasteiger partial charge in [0.05, 0.1) is 0 Å². The first-order chi connectivity index (χ1) is 7.27. The Balaban J connectivity index is 1.89. The van der Waals surface area contributed by atoms with Gasteiger partial charge in [-0.2, -0.15) is 0 Å². The van der Waals surface area contributed by atoms with E-state index >= 15 is 0 Å². The maximum Gasteiger partial charge on any atom is 0.203 e. The van der Waals surface area contributed by atoms with Crippen LogP contribution in [0.25, 0.3) is 0 Å². The number of hydrogen-bond donors (Lipinski definition) is 1. The van der Waals surface area contributed by atoms with Gasteiger partial charge in [-0.25, -0.2) is 4.98 Å². The predicted molar refractivity (Wildman–Crippen MR) is 63.1 cm³/mol. The Morgan fingerprint density at radius 2 is 2.20 bits per heavy atom. The fourth-order valence-electron chi connectivity index (χ4n) is 2.32. The Labute approximate surface area is 91.9 Å². The van der Waals surface area contributed by atoms with Crippen molar-refractivity contribution in [2.24, 2.45) is 5.92 Å². The Morgan fingerprint density at radius 1 is 1.47 bits per heavy atom. The average Bonchev–Trinajstić information content (AvgIpc) is 2.86. The van der Waals surface area contributed by atoms with Crippen molar-refractivity contribution in [3.8, 4) is 0 Å². The summed E-state index contributed by atoms with van der Waals surface area (Å²) in [7, 11) is 0. The van der Waals surface area contributed by atoms with E-state index in [1.54, 1.807) is 0 Å². The Hall–Kier alpha value is -0.990. The molecule has 84 valence electrons. The summed E-state index contributed by atoms with van der Waals surface area (Å²) in [5, 5.41) is 3.47. The summed E-state index contributed by atoms with van der Waals surface area (Å²) >= 11 is 0. The lowest BCUT2D eigenvalue weighted by molar-refractivity contribution is 0.563. The summed E-state index contributed by atoms with van der Waals surface area (Å²) in [4.78, 5) is 4.35. The first-order valence-corrected chi connectivity index (χ1v) is 6.04. The lowest BCUT2D eigenvalue weighted by Gasteiger charge is -2.15. The molecule has 0 radical (unpaired) electrons. The van der Waals surface area contributed by atoms with Gasteiger partial charge in [0, 0.05) is 25.0 Å². The molecule has 1 saturated carbocycles. The third kappa shape index (κ3) is 2.52. The fourth-order valence-corrected chi connectivity index (χ4v) is 2.32. The molecule has 1 aromatic rings. The summed E-state index contributed by atoms with van der Waals surface area (Å²) in [6.07, 6.45) is 9.50. The smallest absolute Gasteiger partial charge is 0.203 e. The highest BCUT2D eigenvalue weighted by atomic mass is 15.2. The van der Waals surface area contributed by atoms with Gasteiger partial charge in [-0.15, -0.1) is 0 Å². The quantitative estimate of drug-likeness (QED) is 0.822. The van der Waals surface area contributed by atoms with Crippen LogP contribution in [0.5, 0.6) is 0 Å². The van der Waals surface area contributed by atoms with Crippen LogP contribution in [0.3, 0.4) is 0 Å². The molecule has 1 aliphatic carbocycles. The van der Waals surface area contributed by atoms with Crippen LogP contribution in [-0.4, -0.2) is 16.1 Å². The molecule has 0 bridgehead atoms. The van der Waals surface area contributed by atoms with Gasteiger partial charge in [0.1, 0.15) is 0 Å². The summed E-state index contributed by atoms with van der Waals surface area (Å²) in [5.74, 6) is 1.89. The van der Waals surface area contributed by atoms with E-state index in [4.69, 9.17) is 0 Å². The van der Waals surface area contributed by atoms with Gasteiger partial charge in [-0.3, -0.25) is 0 Å². The summed E-state index contributed by atoms with van der Waals surface area (Å²) < 4.78 is 2.19. The Kier molecular flexibility index (Phi) is 3.29. The van der Waals surface area contributed by atoms with Crippen LogP contribution in [0.4, 0.5) is 5.95 Å². The van der Waals surface area contributed by atoms with Gasteiger partial charge in [0.25, 0.3) is 0 Å². The molecule has 0 aromatic carbocycles. The Bertz CT molecular complexity index is 298. The third-order valence-corrected chi connectivity index (χ3v) is 3.25. The van der Waals surface area contributed by atoms with E-state index in [0.29, 0.717) is 6.04 Å². The van der Waals surface area contributed by atoms with Gasteiger partial charge in [0.15, 0.2) is 0 Å². The van der Waals surface area contributed by atoms with Gasteiger partial charge >= 0.3 is 0 Å². The monoisotopic (exact) mass is 207 g/mol. The summed E-state index contributed by atoms with van der Waals surface area (Å²) in [5.41, 5.74) is 0. The molecule has 3 heteroatoms. The Morgan fingerprint density at radius 3 is 2.87 bits per heavy atom. The molecule has 15 heavy (non-hydrogen) atoms. The van der Waals surface area contributed by atoms with E-state index in [-0.39, 0.29) is 0 Å². The van der Waals surface area contributed by atoms with Crippen LogP contribution >= 0.6 is 0 Å².